The predicted octanol–water partition coefficient (Wildman–Crippen LogP) is 1.93. The Morgan fingerprint density at radius 3 is 2.61 bits per heavy atom. The zero-order valence-electron chi connectivity index (χ0n) is 9.86. The zero-order valence-corrected chi connectivity index (χ0v) is 12.2. The molecule has 0 aliphatic rings. The second kappa shape index (κ2) is 6.58. The lowest BCUT2D eigenvalue weighted by Crippen LogP contribution is -2.34. The largest absolute Gasteiger partial charge is 0.330 e. The number of benzene rings is 1. The molecule has 1 aromatic carbocycles. The highest BCUT2D eigenvalue weighted by molar-refractivity contribution is 7.90. The van der Waals surface area contributed by atoms with Crippen LogP contribution in [0.15, 0.2) is 18.2 Å². The molecule has 0 saturated carbocycles. The van der Waals surface area contributed by atoms with Gasteiger partial charge in [0, 0.05) is 18.6 Å². The van der Waals surface area contributed by atoms with Crippen LogP contribution in [0.3, 0.4) is 0 Å². The summed E-state index contributed by atoms with van der Waals surface area (Å²) >= 11 is 11.6. The van der Waals surface area contributed by atoms with Crippen LogP contribution in [0, 0.1) is 0 Å². The van der Waals surface area contributed by atoms with Gasteiger partial charge in [0.1, 0.15) is 0 Å². The van der Waals surface area contributed by atoms with E-state index in [1.807, 2.05) is 0 Å². The number of rotatable bonds is 6. The number of nitrogens with two attached hydrogens (primary N) is 1. The Kier molecular flexibility index (Phi) is 5.68. The van der Waals surface area contributed by atoms with Crippen molar-refractivity contribution >= 4 is 39.1 Å². The van der Waals surface area contributed by atoms with E-state index in [0.717, 1.165) is 0 Å². The Hall–Kier alpha value is -0.530. The fourth-order valence-corrected chi connectivity index (χ4v) is 2.72. The average molecular weight is 312 g/mol. The van der Waals surface area contributed by atoms with Gasteiger partial charge in [-0.25, -0.2) is 0 Å². The molecule has 0 atom stereocenters. The quantitative estimate of drug-likeness (QED) is 0.843. The summed E-state index contributed by atoms with van der Waals surface area (Å²) in [7, 11) is -2.15. The molecule has 0 amide bonds. The first-order valence-corrected chi connectivity index (χ1v) is 7.45. The van der Waals surface area contributed by atoms with Crippen LogP contribution in [-0.4, -0.2) is 32.9 Å². The van der Waals surface area contributed by atoms with Crippen molar-refractivity contribution in [2.75, 3.05) is 24.9 Å². The topological polar surface area (TPSA) is 75.4 Å². The molecule has 0 unspecified atom stereocenters. The Morgan fingerprint density at radius 2 is 2.06 bits per heavy atom. The minimum absolute atomic E-state index is 0.248. The summed E-state index contributed by atoms with van der Waals surface area (Å²) in [5.41, 5.74) is 5.63. The van der Waals surface area contributed by atoms with Gasteiger partial charge in [0.15, 0.2) is 0 Å². The summed E-state index contributed by atoms with van der Waals surface area (Å²) in [4.78, 5) is 0. The highest BCUT2D eigenvalue weighted by atomic mass is 35.5. The van der Waals surface area contributed by atoms with E-state index in [2.05, 4.69) is 4.72 Å². The Balaban J connectivity index is 2.82. The van der Waals surface area contributed by atoms with Crippen molar-refractivity contribution in [1.29, 1.82) is 0 Å². The molecule has 5 nitrogen and oxygen atoms in total. The van der Waals surface area contributed by atoms with E-state index >= 15 is 0 Å². The third kappa shape index (κ3) is 4.29. The van der Waals surface area contributed by atoms with E-state index in [-0.39, 0.29) is 5.02 Å². The molecular formula is C10H15Cl2N3O2S. The number of nitrogens with one attached hydrogen (secondary N) is 1. The van der Waals surface area contributed by atoms with E-state index in [1.165, 1.54) is 23.5 Å². The van der Waals surface area contributed by atoms with Gasteiger partial charge in [-0.3, -0.25) is 4.72 Å². The van der Waals surface area contributed by atoms with Gasteiger partial charge < -0.3 is 5.73 Å². The summed E-state index contributed by atoms with van der Waals surface area (Å²) in [6.45, 7) is 0.776. The van der Waals surface area contributed by atoms with Crippen LogP contribution >= 0.6 is 23.2 Å². The summed E-state index contributed by atoms with van der Waals surface area (Å²) in [6, 6.07) is 4.55. The summed E-state index contributed by atoms with van der Waals surface area (Å²) in [5, 5.41) is 0.692. The van der Waals surface area contributed by atoms with Crippen molar-refractivity contribution in [3.05, 3.63) is 28.2 Å². The molecule has 0 aromatic heterocycles. The first kappa shape index (κ1) is 15.5. The van der Waals surface area contributed by atoms with Crippen molar-refractivity contribution in [2.45, 2.75) is 6.42 Å². The molecule has 18 heavy (non-hydrogen) atoms. The van der Waals surface area contributed by atoms with Crippen molar-refractivity contribution in [3.8, 4) is 0 Å². The molecule has 0 heterocycles. The van der Waals surface area contributed by atoms with E-state index in [1.54, 1.807) is 6.07 Å². The number of halogens is 2. The van der Waals surface area contributed by atoms with Gasteiger partial charge >= 0.3 is 10.2 Å². The monoisotopic (exact) mass is 311 g/mol. The minimum atomic E-state index is -3.62. The van der Waals surface area contributed by atoms with Crippen LogP contribution in [0.5, 0.6) is 0 Å². The predicted molar refractivity (Wildman–Crippen MR) is 75.3 cm³/mol. The van der Waals surface area contributed by atoms with Gasteiger partial charge in [0.2, 0.25) is 0 Å². The maximum absolute atomic E-state index is 11.9. The van der Waals surface area contributed by atoms with Gasteiger partial charge in [0.25, 0.3) is 0 Å². The molecule has 0 aliphatic heterocycles. The van der Waals surface area contributed by atoms with Crippen LogP contribution < -0.4 is 10.5 Å². The normalized spacial score (nSPS) is 11.8. The van der Waals surface area contributed by atoms with Crippen molar-refractivity contribution in [3.63, 3.8) is 0 Å². The van der Waals surface area contributed by atoms with E-state index in [0.29, 0.717) is 30.2 Å². The van der Waals surface area contributed by atoms with E-state index in [9.17, 15) is 8.42 Å². The lowest BCUT2D eigenvalue weighted by molar-refractivity contribution is 0.468. The van der Waals surface area contributed by atoms with Crippen LogP contribution in [0.4, 0.5) is 5.69 Å². The van der Waals surface area contributed by atoms with Gasteiger partial charge in [-0.05, 0) is 31.2 Å². The third-order valence-electron chi connectivity index (χ3n) is 2.26. The molecule has 0 aliphatic carbocycles. The molecule has 3 N–H and O–H groups in total. The number of anilines is 1. The van der Waals surface area contributed by atoms with Crippen LogP contribution in [0.2, 0.25) is 10.0 Å². The number of hydrogen-bond acceptors (Lipinski definition) is 3. The van der Waals surface area contributed by atoms with Gasteiger partial charge in [-0.15, -0.1) is 0 Å². The maximum Gasteiger partial charge on any atom is 0.301 e. The van der Waals surface area contributed by atoms with Crippen LogP contribution in [-0.2, 0) is 10.2 Å². The van der Waals surface area contributed by atoms with Gasteiger partial charge in [-0.1, -0.05) is 23.2 Å². The highest BCUT2D eigenvalue weighted by Gasteiger charge is 2.18. The second-order valence-corrected chi connectivity index (χ2v) is 6.32. The lowest BCUT2D eigenvalue weighted by Gasteiger charge is -2.18. The fourth-order valence-electron chi connectivity index (χ4n) is 1.22. The Bertz CT molecular complexity index is 508. The molecule has 0 spiro atoms. The van der Waals surface area contributed by atoms with Crippen LogP contribution in [0.1, 0.15) is 6.42 Å². The fraction of sp³-hybridized carbons (Fsp3) is 0.400. The number of hydrogen-bond donors (Lipinski definition) is 2. The molecule has 8 heteroatoms. The lowest BCUT2D eigenvalue weighted by atomic mass is 10.3. The Labute approximate surface area is 117 Å². The highest BCUT2D eigenvalue weighted by Crippen LogP contribution is 2.26. The molecule has 102 valence electrons. The van der Waals surface area contributed by atoms with Crippen molar-refractivity contribution in [1.82, 2.24) is 4.31 Å². The molecule has 1 rings (SSSR count). The average Bonchev–Trinajstić information content (AvgIpc) is 2.29. The molecule has 0 bridgehead atoms. The first-order chi connectivity index (χ1) is 8.36. The standard InChI is InChI=1S/C10H15Cl2N3O2S/c1-15(6-2-5-13)18(16,17)14-10-4-3-8(11)7-9(10)12/h3-4,7,14H,2,5-6,13H2,1H3. The SMILES string of the molecule is CN(CCCN)S(=O)(=O)Nc1ccc(Cl)cc1Cl. The molecule has 0 saturated heterocycles. The minimum Gasteiger partial charge on any atom is -0.330 e. The maximum atomic E-state index is 11.9. The number of nitrogens with zero attached hydrogens (tertiary/aromatic N) is 1. The van der Waals surface area contributed by atoms with Crippen LogP contribution in [0.25, 0.3) is 0 Å². The van der Waals surface area contributed by atoms with E-state index in [4.69, 9.17) is 28.9 Å². The smallest absolute Gasteiger partial charge is 0.301 e. The molecule has 1 aromatic rings. The first-order valence-electron chi connectivity index (χ1n) is 5.26. The Morgan fingerprint density at radius 1 is 1.39 bits per heavy atom. The van der Waals surface area contributed by atoms with Gasteiger partial charge in [0.05, 0.1) is 10.7 Å². The molecule has 0 radical (unpaired) electrons. The molecular weight excluding hydrogens is 297 g/mol. The summed E-state index contributed by atoms with van der Waals surface area (Å²) in [6.07, 6.45) is 0.589. The summed E-state index contributed by atoms with van der Waals surface area (Å²) in [5.74, 6) is 0. The zero-order chi connectivity index (χ0) is 13.8. The third-order valence-corrected chi connectivity index (χ3v) is 4.29. The van der Waals surface area contributed by atoms with Crippen molar-refractivity contribution < 1.29 is 8.42 Å². The van der Waals surface area contributed by atoms with E-state index < -0.39 is 10.2 Å². The molecule has 0 fully saturated rings. The van der Waals surface area contributed by atoms with Crippen molar-refractivity contribution in [2.24, 2.45) is 5.73 Å². The second-order valence-electron chi connectivity index (χ2n) is 3.70. The summed E-state index contributed by atoms with van der Waals surface area (Å²) < 4.78 is 27.4. The van der Waals surface area contributed by atoms with Gasteiger partial charge in [-0.2, -0.15) is 12.7 Å².